The van der Waals surface area contributed by atoms with Gasteiger partial charge in [0.2, 0.25) is 12.1 Å². The monoisotopic (exact) mass is 525 g/mol. The molecule has 0 aromatic carbocycles. The smallest absolute Gasteiger partial charge is 0.213 e. The number of nitrogens with zero attached hydrogens (tertiary/aromatic N) is 4. The average molecular weight is 526 g/mol. The molecular formula is C24H47N9O4. The Balaban J connectivity index is 1.59. The molecule has 13 heteroatoms. The van der Waals surface area contributed by atoms with E-state index in [0.717, 1.165) is 64.5 Å². The number of nitrogens with one attached hydrogen (secondary N) is 5. The van der Waals surface area contributed by atoms with Crippen LogP contribution >= 0.6 is 0 Å². The number of nitro groups is 2. The second kappa shape index (κ2) is 15.5. The molecule has 0 aromatic rings. The first-order chi connectivity index (χ1) is 17.9. The highest BCUT2D eigenvalue weighted by molar-refractivity contribution is 5.60. The van der Waals surface area contributed by atoms with Gasteiger partial charge in [0.25, 0.3) is 0 Å². The van der Waals surface area contributed by atoms with Crippen molar-refractivity contribution in [2.24, 2.45) is 11.0 Å². The first-order valence-electron chi connectivity index (χ1n) is 14.2. The Morgan fingerprint density at radius 2 is 1.38 bits per heavy atom. The minimum absolute atomic E-state index is 0.0600. The van der Waals surface area contributed by atoms with Gasteiger partial charge in [0.05, 0.1) is 0 Å². The van der Waals surface area contributed by atoms with Gasteiger partial charge in [-0.25, -0.2) is 0 Å². The Kier molecular flexibility index (Phi) is 12.4. The summed E-state index contributed by atoms with van der Waals surface area (Å²) in [4.78, 5) is 24.3. The Hall–Kier alpha value is -1.93. The van der Waals surface area contributed by atoms with Crippen LogP contribution in [0.25, 0.3) is 0 Å². The lowest BCUT2D eigenvalue weighted by molar-refractivity contribution is -0.526. The van der Waals surface area contributed by atoms with Crippen molar-refractivity contribution in [2.75, 3.05) is 13.1 Å². The van der Waals surface area contributed by atoms with Crippen molar-refractivity contribution in [3.05, 3.63) is 20.2 Å². The van der Waals surface area contributed by atoms with Gasteiger partial charge in [0.1, 0.15) is 12.6 Å². The minimum atomic E-state index is -0.428. The van der Waals surface area contributed by atoms with E-state index >= 15 is 0 Å². The van der Waals surface area contributed by atoms with E-state index in [1.54, 1.807) is 0 Å². The summed E-state index contributed by atoms with van der Waals surface area (Å²) in [6, 6.07) is -0.640. The molecule has 3 rings (SSSR count). The lowest BCUT2D eigenvalue weighted by Gasteiger charge is -2.44. The molecule has 37 heavy (non-hydrogen) atoms. The molecule has 1 heterocycles. The summed E-state index contributed by atoms with van der Waals surface area (Å²) in [6.45, 7) is 6.37. The van der Waals surface area contributed by atoms with Gasteiger partial charge in [0.15, 0.2) is 6.29 Å². The fraction of sp³-hybridized carbons (Fsp3) is 0.958. The quantitative estimate of drug-likeness (QED) is 0.129. The molecule has 3 aliphatic rings. The molecule has 3 atom stereocenters. The summed E-state index contributed by atoms with van der Waals surface area (Å²) in [7, 11) is 0. The molecule has 3 fully saturated rings. The maximum Gasteiger partial charge on any atom is 0.213 e. The van der Waals surface area contributed by atoms with Crippen LogP contribution in [0.5, 0.6) is 0 Å². The molecule has 5 N–H and O–H groups in total. The number of rotatable bonds is 14. The van der Waals surface area contributed by atoms with Gasteiger partial charge < -0.3 is 0 Å². The van der Waals surface area contributed by atoms with E-state index < -0.39 is 12.1 Å². The van der Waals surface area contributed by atoms with Crippen LogP contribution in [0.2, 0.25) is 0 Å². The third kappa shape index (κ3) is 9.71. The first-order valence-corrected chi connectivity index (χ1v) is 14.2. The van der Waals surface area contributed by atoms with Crippen LogP contribution in [0.4, 0.5) is 0 Å². The minimum Gasteiger partial charge on any atom is -0.287 e. The zero-order valence-electron chi connectivity index (χ0n) is 22.4. The van der Waals surface area contributed by atoms with Crippen LogP contribution in [0, 0.1) is 26.1 Å². The summed E-state index contributed by atoms with van der Waals surface area (Å²) in [5, 5.41) is 41.0. The van der Waals surface area contributed by atoms with Crippen molar-refractivity contribution in [1.82, 2.24) is 31.6 Å². The summed E-state index contributed by atoms with van der Waals surface area (Å²) >= 11 is 0. The molecule has 1 aliphatic heterocycles. The van der Waals surface area contributed by atoms with E-state index in [2.05, 4.69) is 50.5 Å². The van der Waals surface area contributed by atoms with Crippen molar-refractivity contribution in [3.63, 3.8) is 0 Å². The molecule has 0 bridgehead atoms. The number of hydrogen-bond acceptors (Lipinski definition) is 11. The van der Waals surface area contributed by atoms with Crippen LogP contribution < -0.4 is 26.7 Å². The van der Waals surface area contributed by atoms with Crippen LogP contribution in [-0.4, -0.2) is 71.0 Å². The summed E-state index contributed by atoms with van der Waals surface area (Å²) < 4.78 is 0. The summed E-state index contributed by atoms with van der Waals surface area (Å²) in [5.74, 6) is 0.248. The molecule has 212 valence electrons. The highest BCUT2D eigenvalue weighted by Gasteiger charge is 2.34. The molecule has 13 nitrogen and oxygen atoms in total. The predicted octanol–water partition coefficient (Wildman–Crippen LogP) is 2.11. The number of unbranched alkanes of at least 4 members (excludes halogenated alkanes) is 2. The standard InChI is InChI=1S/C24H47N9O4/c1-3-5-15-31(16-6-4-2)24-28-22(26-19-9-13-21(14-10-19)33(36)37)27-23(29-24)30-25-17-18-7-11-20(12-8-18)32(34)35/h17-24,26-30H,3-16H2,1-2H3/b25-17+. The topological polar surface area (TPSA) is 162 Å². The Bertz CT molecular complexity index is 719. The second-order valence-corrected chi connectivity index (χ2v) is 10.7. The first kappa shape index (κ1) is 29.6. The molecular weight excluding hydrogens is 478 g/mol. The van der Waals surface area contributed by atoms with Gasteiger partial charge in [-0.15, -0.1) is 0 Å². The largest absolute Gasteiger partial charge is 0.287 e. The van der Waals surface area contributed by atoms with Crippen molar-refractivity contribution >= 4 is 6.21 Å². The predicted molar refractivity (Wildman–Crippen MR) is 143 cm³/mol. The normalized spacial score (nSPS) is 33.0. The second-order valence-electron chi connectivity index (χ2n) is 10.7. The van der Waals surface area contributed by atoms with Crippen LogP contribution in [0.1, 0.15) is 90.9 Å². The van der Waals surface area contributed by atoms with Crippen LogP contribution in [0.3, 0.4) is 0 Å². The maximum atomic E-state index is 11.1. The zero-order valence-corrected chi connectivity index (χ0v) is 22.4. The molecule has 2 saturated carbocycles. The van der Waals surface area contributed by atoms with Gasteiger partial charge in [0, 0.05) is 60.9 Å². The fourth-order valence-corrected chi connectivity index (χ4v) is 5.47. The third-order valence-corrected chi connectivity index (χ3v) is 7.87. The zero-order chi connectivity index (χ0) is 26.6. The van der Waals surface area contributed by atoms with Gasteiger partial charge in [-0.3, -0.25) is 51.8 Å². The number of hydrogen-bond donors (Lipinski definition) is 5. The van der Waals surface area contributed by atoms with E-state index in [9.17, 15) is 20.2 Å². The van der Waals surface area contributed by atoms with E-state index in [-0.39, 0.29) is 40.7 Å². The summed E-state index contributed by atoms with van der Waals surface area (Å²) in [5.41, 5.74) is 3.21. The Morgan fingerprint density at radius 1 is 0.838 bits per heavy atom. The maximum absolute atomic E-state index is 11.1. The fourth-order valence-electron chi connectivity index (χ4n) is 5.47. The lowest BCUT2D eigenvalue weighted by atomic mass is 9.87. The van der Waals surface area contributed by atoms with Gasteiger partial charge in [-0.2, -0.15) is 5.10 Å². The average Bonchev–Trinajstić information content (AvgIpc) is 2.89. The molecule has 0 spiro atoms. The van der Waals surface area contributed by atoms with Gasteiger partial charge in [-0.1, -0.05) is 26.7 Å². The molecule has 0 radical (unpaired) electrons. The molecule has 1 saturated heterocycles. The Labute approximate surface area is 220 Å². The van der Waals surface area contributed by atoms with Crippen molar-refractivity contribution in [1.29, 1.82) is 0 Å². The van der Waals surface area contributed by atoms with Crippen LogP contribution in [-0.2, 0) is 0 Å². The third-order valence-electron chi connectivity index (χ3n) is 7.87. The van der Waals surface area contributed by atoms with Crippen molar-refractivity contribution < 1.29 is 9.85 Å². The van der Waals surface area contributed by atoms with Crippen molar-refractivity contribution in [3.8, 4) is 0 Å². The summed E-state index contributed by atoms with van der Waals surface area (Å²) in [6.07, 6.45) is 11.4. The molecule has 2 aliphatic carbocycles. The van der Waals surface area contributed by atoms with E-state index in [4.69, 9.17) is 0 Å². The highest BCUT2D eigenvalue weighted by Crippen LogP contribution is 2.24. The van der Waals surface area contributed by atoms with Gasteiger partial charge in [-0.05, 0) is 44.4 Å². The Morgan fingerprint density at radius 3 is 1.92 bits per heavy atom. The van der Waals surface area contributed by atoms with E-state index in [0.29, 0.717) is 25.7 Å². The van der Waals surface area contributed by atoms with Gasteiger partial charge >= 0.3 is 0 Å². The van der Waals surface area contributed by atoms with Crippen LogP contribution in [0.15, 0.2) is 5.10 Å². The van der Waals surface area contributed by atoms with Crippen molar-refractivity contribution in [2.45, 2.75) is 128 Å². The molecule has 0 aromatic heterocycles. The van der Waals surface area contributed by atoms with E-state index in [1.807, 2.05) is 6.21 Å². The number of hydrazone groups is 1. The molecule has 3 unspecified atom stereocenters. The SMILES string of the molecule is CCCCN(CCCC)C1NC(N/N=C/C2CCC([N+](=O)[O-])CC2)NC(NC2CCC([N+](=O)[O-])CC2)N1. The lowest BCUT2D eigenvalue weighted by Crippen LogP contribution is -2.78. The highest BCUT2D eigenvalue weighted by atomic mass is 16.6. The van der Waals surface area contributed by atoms with E-state index in [1.165, 1.54) is 0 Å². The molecule has 0 amide bonds.